The smallest absolute Gasteiger partial charge is 0.333 e. The second-order valence-corrected chi connectivity index (χ2v) is 8.13. The number of unbranched alkanes of at least 4 members (excludes halogenated alkanes) is 3. The van der Waals surface area contributed by atoms with Crippen LogP contribution in [-0.2, 0) is 47.7 Å². The van der Waals surface area contributed by atoms with Crippen LogP contribution in [0.25, 0.3) is 0 Å². The average molecular weight is 390 g/mol. The summed E-state index contributed by atoms with van der Waals surface area (Å²) in [6.07, 6.45) is 1.42. The third kappa shape index (κ3) is 12.2. The van der Waals surface area contributed by atoms with Crippen molar-refractivity contribution in [3.63, 3.8) is 0 Å². The maximum atomic E-state index is 11.4. The minimum atomic E-state index is -3.82. The van der Waals surface area contributed by atoms with Crippen molar-refractivity contribution in [2.45, 2.75) is 25.7 Å². The fourth-order valence-corrected chi connectivity index (χ4v) is 3.33. The molecule has 0 spiro atoms. The molecule has 0 saturated heterocycles. The van der Waals surface area contributed by atoms with Crippen molar-refractivity contribution in [3.05, 3.63) is 0 Å². The van der Waals surface area contributed by atoms with Crippen LogP contribution in [0.5, 0.6) is 0 Å². The molecule has 0 N–H and O–H groups in total. The van der Waals surface area contributed by atoms with Crippen molar-refractivity contribution in [1.82, 2.24) is 0 Å². The van der Waals surface area contributed by atoms with Crippen molar-refractivity contribution in [3.8, 4) is 0 Å². The molecule has 0 aromatic rings. The molecule has 0 fully saturated rings. The van der Waals surface area contributed by atoms with E-state index >= 15 is 0 Å². The van der Waals surface area contributed by atoms with Gasteiger partial charge in [-0.1, -0.05) is 12.8 Å². The lowest BCUT2D eigenvalue weighted by Gasteiger charge is -2.06. The Morgan fingerprint density at radius 3 is 1.29 bits per heavy atom. The van der Waals surface area contributed by atoms with Crippen LogP contribution in [0.3, 0.4) is 0 Å². The SMILES string of the molecule is COC(=O)COS(=O)(=O)CCCCCCS(=O)(=O)OCC(=O)OC. The highest BCUT2D eigenvalue weighted by molar-refractivity contribution is 7.86. The van der Waals surface area contributed by atoms with Crippen LogP contribution in [0.1, 0.15) is 25.7 Å². The Morgan fingerprint density at radius 1 is 0.667 bits per heavy atom. The van der Waals surface area contributed by atoms with Crippen molar-refractivity contribution in [2.75, 3.05) is 38.9 Å². The molecule has 0 heterocycles. The summed E-state index contributed by atoms with van der Waals surface area (Å²) in [6, 6.07) is 0. The van der Waals surface area contributed by atoms with Gasteiger partial charge in [-0.3, -0.25) is 8.37 Å². The summed E-state index contributed by atoms with van der Waals surface area (Å²) in [5.41, 5.74) is 0. The van der Waals surface area contributed by atoms with Crippen LogP contribution in [0.2, 0.25) is 0 Å². The van der Waals surface area contributed by atoms with Gasteiger partial charge < -0.3 is 9.47 Å². The minimum absolute atomic E-state index is 0.257. The van der Waals surface area contributed by atoms with E-state index in [1.807, 2.05) is 0 Å². The molecular formula is C12H22O10S2. The Hall–Kier alpha value is -1.24. The fraction of sp³-hybridized carbons (Fsp3) is 0.833. The Bertz CT molecular complexity index is 539. The standard InChI is InChI=1S/C12H22O10S2/c1-19-11(13)9-21-23(15,16)7-5-3-4-6-8-24(17,18)22-10-12(14)20-2/h3-10H2,1-2H3. The van der Waals surface area contributed by atoms with Crippen LogP contribution < -0.4 is 0 Å². The monoisotopic (exact) mass is 390 g/mol. The van der Waals surface area contributed by atoms with Gasteiger partial charge in [-0.15, -0.1) is 0 Å². The maximum absolute atomic E-state index is 11.4. The second kappa shape index (κ2) is 11.3. The molecule has 0 aliphatic carbocycles. The number of rotatable bonds is 13. The molecule has 0 rings (SSSR count). The molecule has 0 bridgehead atoms. The van der Waals surface area contributed by atoms with E-state index in [0.29, 0.717) is 12.8 Å². The summed E-state index contributed by atoms with van der Waals surface area (Å²) < 4.78 is 63.1. The lowest BCUT2D eigenvalue weighted by atomic mass is 10.2. The molecule has 0 aromatic carbocycles. The second-order valence-electron chi connectivity index (χ2n) is 4.61. The highest BCUT2D eigenvalue weighted by Crippen LogP contribution is 2.07. The number of carbonyl (C=O) groups is 2. The van der Waals surface area contributed by atoms with Gasteiger partial charge in [0, 0.05) is 0 Å². The summed E-state index contributed by atoms with van der Waals surface area (Å²) in [6.45, 7) is -1.34. The van der Waals surface area contributed by atoms with Crippen LogP contribution in [0.4, 0.5) is 0 Å². The minimum Gasteiger partial charge on any atom is -0.467 e. The zero-order chi connectivity index (χ0) is 18.6. The lowest BCUT2D eigenvalue weighted by molar-refractivity contribution is -0.143. The van der Waals surface area contributed by atoms with Gasteiger partial charge in [0.2, 0.25) is 0 Å². The first-order chi connectivity index (χ1) is 11.1. The Labute approximate surface area is 141 Å². The predicted octanol–water partition coefficient (Wildman–Crippen LogP) is -0.414. The normalized spacial score (nSPS) is 11.9. The lowest BCUT2D eigenvalue weighted by Crippen LogP contribution is -2.18. The first-order valence-corrected chi connectivity index (χ1v) is 10.1. The van der Waals surface area contributed by atoms with Gasteiger partial charge >= 0.3 is 11.9 Å². The van der Waals surface area contributed by atoms with Crippen LogP contribution >= 0.6 is 0 Å². The largest absolute Gasteiger partial charge is 0.467 e. The summed E-state index contributed by atoms with van der Waals surface area (Å²) in [7, 11) is -5.41. The van der Waals surface area contributed by atoms with Crippen LogP contribution in [0, 0.1) is 0 Å². The van der Waals surface area contributed by atoms with Gasteiger partial charge in [0.05, 0.1) is 25.7 Å². The van der Waals surface area contributed by atoms with Gasteiger partial charge in [-0.25, -0.2) is 9.59 Å². The van der Waals surface area contributed by atoms with E-state index in [1.54, 1.807) is 0 Å². The zero-order valence-electron chi connectivity index (χ0n) is 13.6. The molecule has 0 saturated carbocycles. The molecule has 0 aliphatic rings. The first kappa shape index (κ1) is 22.8. The Balaban J connectivity index is 3.86. The number of methoxy groups -OCH3 is 2. The summed E-state index contributed by atoms with van der Waals surface area (Å²) >= 11 is 0. The summed E-state index contributed by atoms with van der Waals surface area (Å²) in [5, 5.41) is 0. The first-order valence-electron chi connectivity index (χ1n) is 6.99. The highest BCUT2D eigenvalue weighted by atomic mass is 32.2. The van der Waals surface area contributed by atoms with Crippen LogP contribution in [-0.4, -0.2) is 67.7 Å². The number of hydrogen-bond donors (Lipinski definition) is 0. The summed E-state index contributed by atoms with van der Waals surface area (Å²) in [4.78, 5) is 21.5. The molecule has 0 radical (unpaired) electrons. The molecule has 0 amide bonds. The van der Waals surface area contributed by atoms with E-state index in [1.165, 1.54) is 0 Å². The maximum Gasteiger partial charge on any atom is 0.333 e. The average Bonchev–Trinajstić information content (AvgIpc) is 2.53. The quantitative estimate of drug-likeness (QED) is 0.231. The number of esters is 2. The fourth-order valence-electron chi connectivity index (χ4n) is 1.42. The zero-order valence-corrected chi connectivity index (χ0v) is 15.2. The Kier molecular flexibility index (Phi) is 10.8. The van der Waals surface area contributed by atoms with Gasteiger partial charge in [0.15, 0.2) is 13.2 Å². The van der Waals surface area contributed by atoms with Crippen molar-refractivity contribution in [2.24, 2.45) is 0 Å². The molecule has 0 aromatic heterocycles. The third-order valence-corrected chi connectivity index (χ3v) is 5.24. The number of ether oxygens (including phenoxy) is 2. The van der Waals surface area contributed by atoms with Gasteiger partial charge in [-0.05, 0) is 12.8 Å². The number of carbonyl (C=O) groups excluding carboxylic acids is 2. The van der Waals surface area contributed by atoms with E-state index in [2.05, 4.69) is 17.8 Å². The third-order valence-electron chi connectivity index (χ3n) is 2.71. The molecule has 0 aliphatic heterocycles. The van der Waals surface area contributed by atoms with E-state index in [4.69, 9.17) is 0 Å². The highest BCUT2D eigenvalue weighted by Gasteiger charge is 2.15. The molecule has 24 heavy (non-hydrogen) atoms. The summed E-state index contributed by atoms with van der Waals surface area (Å²) in [5.74, 6) is -2.16. The predicted molar refractivity (Wildman–Crippen MR) is 82.0 cm³/mol. The molecule has 142 valence electrons. The van der Waals surface area contributed by atoms with Crippen molar-refractivity contribution < 1.29 is 44.3 Å². The van der Waals surface area contributed by atoms with Crippen molar-refractivity contribution >= 4 is 32.2 Å². The van der Waals surface area contributed by atoms with E-state index in [9.17, 15) is 26.4 Å². The molecule has 0 atom stereocenters. The van der Waals surface area contributed by atoms with Gasteiger partial charge in [-0.2, -0.15) is 16.8 Å². The van der Waals surface area contributed by atoms with Gasteiger partial charge in [0.25, 0.3) is 20.2 Å². The van der Waals surface area contributed by atoms with E-state index < -0.39 is 45.4 Å². The number of hydrogen-bond acceptors (Lipinski definition) is 10. The molecule has 10 nitrogen and oxygen atoms in total. The van der Waals surface area contributed by atoms with Crippen molar-refractivity contribution in [1.29, 1.82) is 0 Å². The van der Waals surface area contributed by atoms with E-state index in [0.717, 1.165) is 14.2 Å². The molecule has 0 unspecified atom stereocenters. The van der Waals surface area contributed by atoms with Gasteiger partial charge in [0.1, 0.15) is 0 Å². The molecule has 12 heteroatoms. The topological polar surface area (TPSA) is 139 Å². The van der Waals surface area contributed by atoms with E-state index in [-0.39, 0.29) is 24.3 Å². The Morgan fingerprint density at radius 2 is 1.00 bits per heavy atom. The van der Waals surface area contributed by atoms with Crippen LogP contribution in [0.15, 0.2) is 0 Å². The molecular weight excluding hydrogens is 368 g/mol.